The number of hydrogen-bond acceptors (Lipinski definition) is 1. The maximum absolute atomic E-state index is 9.49. The molecule has 0 bridgehead atoms. The molecule has 0 radical (unpaired) electrons. The van der Waals surface area contributed by atoms with E-state index in [0.29, 0.717) is 6.42 Å². The van der Waals surface area contributed by atoms with Gasteiger partial charge in [0, 0.05) is 0 Å². The summed E-state index contributed by atoms with van der Waals surface area (Å²) in [6.07, 6.45) is 18.2. The predicted molar refractivity (Wildman–Crippen MR) is 67.8 cm³/mol. The number of hydrogen-bond donors (Lipinski definition) is 1. The summed E-state index contributed by atoms with van der Waals surface area (Å²) in [6, 6.07) is 0. The van der Waals surface area contributed by atoms with E-state index in [4.69, 9.17) is 0 Å². The molecule has 15 heavy (non-hydrogen) atoms. The molecule has 0 fully saturated rings. The van der Waals surface area contributed by atoms with Gasteiger partial charge in [0.2, 0.25) is 0 Å². The second-order valence-corrected chi connectivity index (χ2v) is 3.30. The molecule has 0 aromatic heterocycles. The molecule has 0 aromatic rings. The molecule has 0 aliphatic rings. The Hall–Kier alpha value is -1.08. The lowest BCUT2D eigenvalue weighted by molar-refractivity contribution is 0.227. The molecule has 1 heteroatoms. The number of allylic oxidation sites excluding steroid dienone is 6. The zero-order chi connectivity index (χ0) is 11.4. The van der Waals surface area contributed by atoms with E-state index in [1.807, 2.05) is 37.3 Å². The van der Waals surface area contributed by atoms with Crippen LogP contribution in [-0.2, 0) is 0 Å². The van der Waals surface area contributed by atoms with Crippen LogP contribution in [0.3, 0.4) is 0 Å². The zero-order valence-electron chi connectivity index (χ0n) is 9.76. The highest BCUT2D eigenvalue weighted by Crippen LogP contribution is 1.97. The van der Waals surface area contributed by atoms with Crippen LogP contribution in [-0.4, -0.2) is 11.2 Å². The minimum Gasteiger partial charge on any atom is -0.389 e. The first-order valence-corrected chi connectivity index (χ1v) is 5.58. The Morgan fingerprint density at radius 2 is 1.87 bits per heavy atom. The minimum atomic E-state index is -0.362. The van der Waals surface area contributed by atoms with Gasteiger partial charge >= 0.3 is 0 Å². The first kappa shape index (κ1) is 13.9. The Morgan fingerprint density at radius 3 is 2.53 bits per heavy atom. The Balaban J connectivity index is 3.66. The Bertz CT molecular complexity index is 234. The van der Waals surface area contributed by atoms with Crippen molar-refractivity contribution in [3.63, 3.8) is 0 Å². The predicted octanol–water partition coefficient (Wildman–Crippen LogP) is 3.78. The molecule has 0 rings (SSSR count). The third kappa shape index (κ3) is 10.8. The fourth-order valence-corrected chi connectivity index (χ4v) is 1.05. The van der Waals surface area contributed by atoms with E-state index in [-0.39, 0.29) is 6.10 Å². The maximum Gasteiger partial charge on any atom is 0.0758 e. The van der Waals surface area contributed by atoms with Gasteiger partial charge in [-0.2, -0.15) is 0 Å². The van der Waals surface area contributed by atoms with Crippen LogP contribution in [0, 0.1) is 0 Å². The summed E-state index contributed by atoms with van der Waals surface area (Å²) in [7, 11) is 0. The van der Waals surface area contributed by atoms with Gasteiger partial charge in [-0.05, 0) is 26.2 Å². The Labute approximate surface area is 93.5 Å². The SMILES string of the molecule is C/C=C\C/C=C\C=C\[C@H](O)C/C=C\CC. The van der Waals surface area contributed by atoms with Crippen molar-refractivity contribution >= 4 is 0 Å². The van der Waals surface area contributed by atoms with Crippen molar-refractivity contribution in [3.05, 3.63) is 48.6 Å². The average Bonchev–Trinajstić information content (AvgIpc) is 2.23. The smallest absolute Gasteiger partial charge is 0.0758 e. The van der Waals surface area contributed by atoms with Crippen LogP contribution in [0.5, 0.6) is 0 Å². The number of rotatable bonds is 7. The molecule has 0 saturated heterocycles. The normalized spacial score (nSPS) is 15.1. The summed E-state index contributed by atoms with van der Waals surface area (Å²) in [5.41, 5.74) is 0. The summed E-state index contributed by atoms with van der Waals surface area (Å²) in [4.78, 5) is 0. The van der Waals surface area contributed by atoms with E-state index in [1.54, 1.807) is 0 Å². The largest absolute Gasteiger partial charge is 0.389 e. The Morgan fingerprint density at radius 1 is 1.07 bits per heavy atom. The van der Waals surface area contributed by atoms with Crippen LogP contribution in [0.15, 0.2) is 48.6 Å². The van der Waals surface area contributed by atoms with Crippen molar-refractivity contribution in [1.82, 2.24) is 0 Å². The lowest BCUT2D eigenvalue weighted by atomic mass is 10.2. The molecule has 0 saturated carbocycles. The van der Waals surface area contributed by atoms with Gasteiger partial charge in [0.1, 0.15) is 0 Å². The maximum atomic E-state index is 9.49. The molecule has 0 amide bonds. The molecule has 1 nitrogen and oxygen atoms in total. The fourth-order valence-electron chi connectivity index (χ4n) is 1.05. The van der Waals surface area contributed by atoms with Crippen molar-refractivity contribution in [2.45, 2.75) is 39.2 Å². The van der Waals surface area contributed by atoms with Gasteiger partial charge in [0.15, 0.2) is 0 Å². The second-order valence-electron chi connectivity index (χ2n) is 3.30. The van der Waals surface area contributed by atoms with E-state index >= 15 is 0 Å². The van der Waals surface area contributed by atoms with Crippen molar-refractivity contribution in [2.75, 3.05) is 0 Å². The van der Waals surface area contributed by atoms with Crippen LogP contribution < -0.4 is 0 Å². The Kier molecular flexibility index (Phi) is 10.2. The standard InChI is InChI=1S/C14H22O/c1-3-5-7-8-9-11-13-14(15)12-10-6-4-2/h3,5-6,8-11,13-15H,4,7,12H2,1-2H3/b5-3-,9-8-,10-6-,13-11+/t14-/m1/s1. The van der Waals surface area contributed by atoms with Gasteiger partial charge in [-0.15, -0.1) is 0 Å². The molecule has 0 aliphatic carbocycles. The van der Waals surface area contributed by atoms with Gasteiger partial charge in [-0.1, -0.05) is 55.5 Å². The lowest BCUT2D eigenvalue weighted by Crippen LogP contribution is -1.98. The molecule has 0 aliphatic heterocycles. The number of aliphatic hydroxyl groups is 1. The highest BCUT2D eigenvalue weighted by molar-refractivity contribution is 5.07. The van der Waals surface area contributed by atoms with Crippen LogP contribution in [0.1, 0.15) is 33.1 Å². The van der Waals surface area contributed by atoms with Crippen molar-refractivity contribution < 1.29 is 5.11 Å². The second kappa shape index (κ2) is 11.0. The van der Waals surface area contributed by atoms with E-state index in [2.05, 4.69) is 25.2 Å². The molecule has 84 valence electrons. The molecule has 0 aromatic carbocycles. The van der Waals surface area contributed by atoms with E-state index in [0.717, 1.165) is 12.8 Å². The van der Waals surface area contributed by atoms with Crippen LogP contribution >= 0.6 is 0 Å². The first-order valence-electron chi connectivity index (χ1n) is 5.58. The van der Waals surface area contributed by atoms with Gasteiger partial charge in [0.25, 0.3) is 0 Å². The fraction of sp³-hybridized carbons (Fsp3) is 0.429. The molecule has 0 heterocycles. The van der Waals surface area contributed by atoms with Gasteiger partial charge in [0.05, 0.1) is 6.10 Å². The van der Waals surface area contributed by atoms with Crippen LogP contribution in [0.4, 0.5) is 0 Å². The molecule has 0 unspecified atom stereocenters. The summed E-state index contributed by atoms with van der Waals surface area (Å²) < 4.78 is 0. The van der Waals surface area contributed by atoms with Crippen molar-refractivity contribution in [1.29, 1.82) is 0 Å². The summed E-state index contributed by atoms with van der Waals surface area (Å²) >= 11 is 0. The summed E-state index contributed by atoms with van der Waals surface area (Å²) in [5.74, 6) is 0. The van der Waals surface area contributed by atoms with Crippen molar-refractivity contribution in [2.24, 2.45) is 0 Å². The highest BCUT2D eigenvalue weighted by Gasteiger charge is 1.92. The van der Waals surface area contributed by atoms with Gasteiger partial charge < -0.3 is 5.11 Å². The minimum absolute atomic E-state index is 0.362. The first-order chi connectivity index (χ1) is 7.31. The third-order valence-electron chi connectivity index (χ3n) is 1.87. The quantitative estimate of drug-likeness (QED) is 0.496. The average molecular weight is 206 g/mol. The zero-order valence-corrected chi connectivity index (χ0v) is 9.76. The third-order valence-corrected chi connectivity index (χ3v) is 1.87. The summed E-state index contributed by atoms with van der Waals surface area (Å²) in [5, 5.41) is 9.49. The topological polar surface area (TPSA) is 20.2 Å². The molecule has 1 atom stereocenters. The molecule has 1 N–H and O–H groups in total. The highest BCUT2D eigenvalue weighted by atomic mass is 16.3. The van der Waals surface area contributed by atoms with E-state index < -0.39 is 0 Å². The molecular weight excluding hydrogens is 184 g/mol. The molecule has 0 spiro atoms. The van der Waals surface area contributed by atoms with Gasteiger partial charge in [-0.3, -0.25) is 0 Å². The number of aliphatic hydroxyl groups excluding tert-OH is 1. The monoisotopic (exact) mass is 206 g/mol. The summed E-state index contributed by atoms with van der Waals surface area (Å²) in [6.45, 7) is 4.09. The van der Waals surface area contributed by atoms with Crippen LogP contribution in [0.2, 0.25) is 0 Å². The van der Waals surface area contributed by atoms with Crippen LogP contribution in [0.25, 0.3) is 0 Å². The molecular formula is C14H22O. The van der Waals surface area contributed by atoms with Crippen molar-refractivity contribution in [3.8, 4) is 0 Å². The van der Waals surface area contributed by atoms with E-state index in [9.17, 15) is 5.11 Å². The lowest BCUT2D eigenvalue weighted by Gasteiger charge is -1.98. The van der Waals surface area contributed by atoms with Gasteiger partial charge in [-0.25, -0.2) is 0 Å². The van der Waals surface area contributed by atoms with E-state index in [1.165, 1.54) is 0 Å².